The van der Waals surface area contributed by atoms with Crippen LogP contribution in [0.1, 0.15) is 11.7 Å². The molecule has 1 unspecified atom stereocenters. The van der Waals surface area contributed by atoms with Gasteiger partial charge in [-0.25, -0.2) is 0 Å². The van der Waals surface area contributed by atoms with Crippen LogP contribution in [0.15, 0.2) is 18.3 Å². The zero-order valence-electron chi connectivity index (χ0n) is 8.53. The first kappa shape index (κ1) is 10.2. The number of carbonyl (C=O) groups excluding carboxylic acids is 1. The Morgan fingerprint density at radius 3 is 2.87 bits per heavy atom. The van der Waals surface area contributed by atoms with Crippen LogP contribution >= 0.6 is 0 Å². The Kier molecular flexibility index (Phi) is 2.50. The number of ether oxygens (including phenoxy) is 2. The maximum Gasteiger partial charge on any atom is 0.318 e. The third-order valence-electron chi connectivity index (χ3n) is 2.86. The van der Waals surface area contributed by atoms with E-state index in [0.29, 0.717) is 13.2 Å². The van der Waals surface area contributed by atoms with E-state index in [4.69, 9.17) is 15.2 Å². The molecule has 0 bridgehead atoms. The summed E-state index contributed by atoms with van der Waals surface area (Å²) in [5, 5.41) is 0. The Bertz CT molecular complexity index is 344. The minimum Gasteiger partial charge on any atom is -0.468 e. The van der Waals surface area contributed by atoms with Crippen LogP contribution in [-0.2, 0) is 14.3 Å². The van der Waals surface area contributed by atoms with E-state index in [1.54, 1.807) is 6.20 Å². The van der Waals surface area contributed by atoms with Crippen molar-refractivity contribution in [2.75, 3.05) is 20.3 Å². The molecule has 2 heterocycles. The number of aromatic nitrogens is 1. The number of nitrogens with one attached hydrogen (secondary N) is 1. The summed E-state index contributed by atoms with van der Waals surface area (Å²) >= 11 is 0. The van der Waals surface area contributed by atoms with Crippen LogP contribution in [0, 0.1) is 5.41 Å². The quantitative estimate of drug-likeness (QED) is 0.699. The average Bonchev–Trinajstić information content (AvgIpc) is 2.68. The topological polar surface area (TPSA) is 77.3 Å². The predicted molar refractivity (Wildman–Crippen MR) is 53.0 cm³/mol. The predicted octanol–water partition coefficient (Wildman–Crippen LogP) is 0.204. The first-order valence-corrected chi connectivity index (χ1v) is 4.76. The fraction of sp³-hybridized carbons (Fsp3) is 0.500. The Hall–Kier alpha value is -1.33. The number of hydrogen-bond donors (Lipinski definition) is 2. The molecule has 0 aliphatic carbocycles. The van der Waals surface area contributed by atoms with Gasteiger partial charge in [-0.15, -0.1) is 0 Å². The molecule has 1 fully saturated rings. The van der Waals surface area contributed by atoms with Crippen LogP contribution in [0.25, 0.3) is 0 Å². The summed E-state index contributed by atoms with van der Waals surface area (Å²) in [6.07, 6.45) is 1.78. The molecule has 82 valence electrons. The van der Waals surface area contributed by atoms with Crippen molar-refractivity contribution in [3.63, 3.8) is 0 Å². The summed E-state index contributed by atoms with van der Waals surface area (Å²) in [5.74, 6) is -0.309. The summed E-state index contributed by atoms with van der Waals surface area (Å²) in [6.45, 7) is 0.639. The van der Waals surface area contributed by atoms with Gasteiger partial charge in [0.15, 0.2) is 0 Å². The largest absolute Gasteiger partial charge is 0.468 e. The molecule has 15 heavy (non-hydrogen) atoms. The van der Waals surface area contributed by atoms with Crippen LogP contribution in [-0.4, -0.2) is 31.3 Å². The van der Waals surface area contributed by atoms with Crippen molar-refractivity contribution >= 4 is 5.97 Å². The molecule has 1 saturated heterocycles. The Labute approximate surface area is 87.6 Å². The molecule has 0 spiro atoms. The smallest absolute Gasteiger partial charge is 0.318 e. The van der Waals surface area contributed by atoms with Crippen molar-refractivity contribution in [2.45, 2.75) is 6.04 Å². The molecule has 2 rings (SSSR count). The third kappa shape index (κ3) is 1.44. The minimum absolute atomic E-state index is 0.309. The molecule has 0 saturated carbocycles. The van der Waals surface area contributed by atoms with Crippen LogP contribution in [0.3, 0.4) is 0 Å². The van der Waals surface area contributed by atoms with Crippen LogP contribution in [0.4, 0.5) is 0 Å². The van der Waals surface area contributed by atoms with Gasteiger partial charge in [0.2, 0.25) is 0 Å². The zero-order chi connectivity index (χ0) is 10.9. The van der Waals surface area contributed by atoms with Gasteiger partial charge in [0.05, 0.1) is 26.4 Å². The molecule has 1 aromatic rings. The summed E-state index contributed by atoms with van der Waals surface area (Å²) < 4.78 is 9.85. The lowest BCUT2D eigenvalue weighted by Crippen LogP contribution is -2.56. The highest BCUT2D eigenvalue weighted by atomic mass is 16.5. The SMILES string of the molecule is COC(=O)C1(C(N)c2ccc[nH]2)COC1. The first-order chi connectivity index (χ1) is 7.20. The molecule has 1 atom stereocenters. The maximum atomic E-state index is 11.7. The second kappa shape index (κ2) is 3.67. The Balaban J connectivity index is 2.23. The van der Waals surface area contributed by atoms with Gasteiger partial charge >= 0.3 is 5.97 Å². The van der Waals surface area contributed by atoms with Crippen molar-refractivity contribution in [1.29, 1.82) is 0 Å². The number of esters is 1. The lowest BCUT2D eigenvalue weighted by atomic mass is 9.77. The van der Waals surface area contributed by atoms with Gasteiger partial charge in [0.1, 0.15) is 5.41 Å². The molecule has 0 amide bonds. The molecule has 1 aliphatic heterocycles. The van der Waals surface area contributed by atoms with E-state index in [2.05, 4.69) is 4.98 Å². The van der Waals surface area contributed by atoms with Crippen molar-refractivity contribution in [1.82, 2.24) is 4.98 Å². The lowest BCUT2D eigenvalue weighted by Gasteiger charge is -2.42. The molecule has 3 N–H and O–H groups in total. The highest BCUT2D eigenvalue weighted by molar-refractivity contribution is 5.79. The van der Waals surface area contributed by atoms with Crippen molar-refractivity contribution in [2.24, 2.45) is 11.1 Å². The van der Waals surface area contributed by atoms with E-state index < -0.39 is 11.5 Å². The maximum absolute atomic E-state index is 11.7. The fourth-order valence-corrected chi connectivity index (χ4v) is 1.78. The molecule has 1 aliphatic rings. The van der Waals surface area contributed by atoms with Gasteiger partial charge in [-0.3, -0.25) is 4.79 Å². The summed E-state index contributed by atoms with van der Waals surface area (Å²) in [6, 6.07) is 3.29. The first-order valence-electron chi connectivity index (χ1n) is 4.76. The third-order valence-corrected chi connectivity index (χ3v) is 2.86. The van der Waals surface area contributed by atoms with Crippen molar-refractivity contribution in [3.05, 3.63) is 24.0 Å². The van der Waals surface area contributed by atoms with E-state index in [0.717, 1.165) is 5.69 Å². The van der Waals surface area contributed by atoms with Gasteiger partial charge in [0.25, 0.3) is 0 Å². The standard InChI is InChI=1S/C10H14N2O3/c1-14-9(13)10(5-15-6-10)8(11)7-3-2-4-12-7/h2-4,8,12H,5-6,11H2,1H3. The normalized spacial score (nSPS) is 20.4. The summed E-state index contributed by atoms with van der Waals surface area (Å²) in [4.78, 5) is 14.7. The summed E-state index contributed by atoms with van der Waals surface area (Å²) in [5.41, 5.74) is 6.14. The minimum atomic E-state index is -0.723. The highest BCUT2D eigenvalue weighted by Crippen LogP contribution is 2.39. The number of aromatic amines is 1. The zero-order valence-corrected chi connectivity index (χ0v) is 8.53. The van der Waals surface area contributed by atoms with Crippen molar-refractivity contribution in [3.8, 4) is 0 Å². The number of H-pyrrole nitrogens is 1. The number of carbonyl (C=O) groups is 1. The van der Waals surface area contributed by atoms with Crippen LogP contribution in [0.5, 0.6) is 0 Å². The Morgan fingerprint density at radius 2 is 2.47 bits per heavy atom. The molecule has 0 aromatic carbocycles. The van der Waals surface area contributed by atoms with Gasteiger partial charge in [-0.1, -0.05) is 0 Å². The average molecular weight is 210 g/mol. The second-order valence-electron chi connectivity index (χ2n) is 3.74. The molecule has 0 radical (unpaired) electrons. The molecular weight excluding hydrogens is 196 g/mol. The van der Waals surface area contributed by atoms with Crippen LogP contribution in [0.2, 0.25) is 0 Å². The summed E-state index contributed by atoms with van der Waals surface area (Å²) in [7, 11) is 1.36. The van der Waals surface area contributed by atoms with E-state index in [1.807, 2.05) is 12.1 Å². The molecule has 1 aromatic heterocycles. The van der Waals surface area contributed by atoms with Gasteiger partial charge in [-0.05, 0) is 12.1 Å². The number of hydrogen-bond acceptors (Lipinski definition) is 4. The second-order valence-corrected chi connectivity index (χ2v) is 3.74. The van der Waals surface area contributed by atoms with E-state index in [1.165, 1.54) is 7.11 Å². The highest BCUT2D eigenvalue weighted by Gasteiger charge is 2.52. The molecule has 5 heteroatoms. The van der Waals surface area contributed by atoms with E-state index >= 15 is 0 Å². The fourth-order valence-electron chi connectivity index (χ4n) is 1.78. The lowest BCUT2D eigenvalue weighted by molar-refractivity contribution is -0.188. The van der Waals surface area contributed by atoms with E-state index in [9.17, 15) is 4.79 Å². The van der Waals surface area contributed by atoms with Gasteiger partial charge in [0, 0.05) is 11.9 Å². The number of nitrogens with two attached hydrogens (primary N) is 1. The van der Waals surface area contributed by atoms with Crippen LogP contribution < -0.4 is 5.73 Å². The van der Waals surface area contributed by atoms with Crippen molar-refractivity contribution < 1.29 is 14.3 Å². The molecular formula is C10H14N2O3. The Morgan fingerprint density at radius 1 is 1.73 bits per heavy atom. The molecule has 5 nitrogen and oxygen atoms in total. The number of rotatable bonds is 3. The van der Waals surface area contributed by atoms with Gasteiger partial charge in [-0.2, -0.15) is 0 Å². The number of methoxy groups -OCH3 is 1. The van der Waals surface area contributed by atoms with E-state index in [-0.39, 0.29) is 5.97 Å². The van der Waals surface area contributed by atoms with Gasteiger partial charge < -0.3 is 20.2 Å². The monoisotopic (exact) mass is 210 g/mol.